The molecule has 1 atom stereocenters. The number of hydrogen-bond donors (Lipinski definition) is 2. The average molecular weight is 394 g/mol. The number of nitrogens with zero attached hydrogens (tertiary/aromatic N) is 1. The highest BCUT2D eigenvalue weighted by molar-refractivity contribution is 6.10. The van der Waals surface area contributed by atoms with Crippen LogP contribution in [0.5, 0.6) is 0 Å². The number of hydrogen-bond acceptors (Lipinski definition) is 4. The minimum Gasteiger partial charge on any atom is -0.481 e. The third kappa shape index (κ3) is 4.24. The van der Waals surface area contributed by atoms with E-state index in [-0.39, 0.29) is 11.4 Å². The van der Waals surface area contributed by atoms with Crippen molar-refractivity contribution in [1.82, 2.24) is 9.88 Å². The third-order valence-corrected chi connectivity index (χ3v) is 4.48. The summed E-state index contributed by atoms with van der Waals surface area (Å²) in [6.07, 6.45) is -0.656. The maximum Gasteiger partial charge on any atom is 0.305 e. The zero-order chi connectivity index (χ0) is 21.0. The Morgan fingerprint density at radius 2 is 1.72 bits per heavy atom. The Balaban J connectivity index is 1.99. The van der Waals surface area contributed by atoms with E-state index in [0.29, 0.717) is 0 Å². The zero-order valence-electron chi connectivity index (χ0n) is 15.5. The Hall–Kier alpha value is -3.74. The van der Waals surface area contributed by atoms with E-state index in [1.807, 2.05) is 54.6 Å². The number of nitrogens with one attached hydrogen (secondary N) is 1. The number of ketones is 2. The quantitative estimate of drug-likeness (QED) is 0.429. The van der Waals surface area contributed by atoms with Crippen LogP contribution in [-0.2, 0) is 9.59 Å². The molecular formula is C22H19FN2O4. The number of benzene rings is 2. The molecule has 2 N–H and O–H groups in total. The first-order chi connectivity index (χ1) is 13.9. The molecule has 0 spiro atoms. The van der Waals surface area contributed by atoms with Gasteiger partial charge in [-0.3, -0.25) is 14.4 Å². The lowest BCUT2D eigenvalue weighted by atomic mass is 10.1. The van der Waals surface area contributed by atoms with Crippen molar-refractivity contribution in [2.24, 2.45) is 0 Å². The Labute approximate surface area is 166 Å². The highest BCUT2D eigenvalue weighted by atomic mass is 19.1. The molecular weight excluding hydrogens is 375 g/mol. The summed E-state index contributed by atoms with van der Waals surface area (Å²) in [7, 11) is 0. The maximum atomic E-state index is 13.1. The molecule has 0 saturated heterocycles. The lowest BCUT2D eigenvalue weighted by Gasteiger charge is -2.17. The van der Waals surface area contributed by atoms with Crippen LogP contribution in [0.3, 0.4) is 0 Å². The Kier molecular flexibility index (Phi) is 5.87. The lowest BCUT2D eigenvalue weighted by Crippen LogP contribution is -2.40. The van der Waals surface area contributed by atoms with Gasteiger partial charge in [0.05, 0.1) is 29.4 Å². The minimum absolute atomic E-state index is 0.182. The number of carbonyl (C=O) groups is 3. The largest absolute Gasteiger partial charge is 0.481 e. The second-order valence-electron chi connectivity index (χ2n) is 6.46. The van der Waals surface area contributed by atoms with E-state index in [4.69, 9.17) is 5.11 Å². The van der Waals surface area contributed by atoms with E-state index in [2.05, 4.69) is 11.9 Å². The topological polar surface area (TPSA) is 88.4 Å². The number of halogens is 1. The van der Waals surface area contributed by atoms with E-state index in [0.717, 1.165) is 16.6 Å². The van der Waals surface area contributed by atoms with Gasteiger partial charge in [-0.1, -0.05) is 43.0 Å². The van der Waals surface area contributed by atoms with Crippen molar-refractivity contribution in [3.8, 4) is 5.69 Å². The normalized spacial score (nSPS) is 11.8. The van der Waals surface area contributed by atoms with Crippen LogP contribution in [0.2, 0.25) is 0 Å². The van der Waals surface area contributed by atoms with E-state index in [1.54, 1.807) is 10.6 Å². The highest BCUT2D eigenvalue weighted by Crippen LogP contribution is 2.25. The van der Waals surface area contributed by atoms with Crippen LogP contribution in [0.4, 0.5) is 4.39 Å². The van der Waals surface area contributed by atoms with Crippen molar-refractivity contribution in [3.63, 3.8) is 0 Å². The van der Waals surface area contributed by atoms with Crippen LogP contribution in [0.1, 0.15) is 16.9 Å². The number of aromatic nitrogens is 1. The van der Waals surface area contributed by atoms with E-state index >= 15 is 0 Å². The maximum absolute atomic E-state index is 13.1. The van der Waals surface area contributed by atoms with Gasteiger partial charge in [0.15, 0.2) is 5.78 Å². The number of allylic oxidation sites excluding steroid dienone is 1. The van der Waals surface area contributed by atoms with Crippen molar-refractivity contribution in [2.45, 2.75) is 12.5 Å². The smallest absolute Gasteiger partial charge is 0.305 e. The first-order valence-corrected chi connectivity index (χ1v) is 8.89. The van der Waals surface area contributed by atoms with Crippen LogP contribution >= 0.6 is 0 Å². The number of rotatable bonds is 9. The van der Waals surface area contributed by atoms with E-state index in [9.17, 15) is 18.8 Å². The van der Waals surface area contributed by atoms with Crippen LogP contribution in [0.25, 0.3) is 16.6 Å². The molecule has 1 aromatic heterocycles. The fourth-order valence-electron chi connectivity index (χ4n) is 3.12. The molecule has 0 radical (unpaired) electrons. The van der Waals surface area contributed by atoms with Gasteiger partial charge in [0, 0.05) is 11.1 Å². The second kappa shape index (κ2) is 8.52. The number of carboxylic acids is 1. The predicted molar refractivity (Wildman–Crippen MR) is 107 cm³/mol. The fourth-order valence-corrected chi connectivity index (χ4v) is 3.12. The molecule has 3 rings (SSSR count). The van der Waals surface area contributed by atoms with E-state index in [1.165, 1.54) is 0 Å². The predicted octanol–water partition coefficient (Wildman–Crippen LogP) is 3.30. The molecule has 1 heterocycles. The zero-order valence-corrected chi connectivity index (χ0v) is 15.5. The summed E-state index contributed by atoms with van der Waals surface area (Å²) in [6, 6.07) is 17.0. The summed E-state index contributed by atoms with van der Waals surface area (Å²) < 4.78 is 14.5. The van der Waals surface area contributed by atoms with Crippen molar-refractivity contribution >= 4 is 28.4 Å². The standard InChI is InChI=1S/C22H19FN2O4/c1-14(24-17(12-21(27)28)20(26)13-23)22(29)19-11-15-7-5-6-10-18(15)25(19)16-8-3-2-4-9-16/h2-11,17,24H,1,12-13H2,(H,27,28). The molecule has 0 amide bonds. The van der Waals surface area contributed by atoms with Gasteiger partial charge in [0.25, 0.3) is 0 Å². The molecule has 0 aliphatic carbocycles. The van der Waals surface area contributed by atoms with Gasteiger partial charge in [0.1, 0.15) is 6.67 Å². The molecule has 148 valence electrons. The fraction of sp³-hybridized carbons (Fsp3) is 0.136. The molecule has 0 fully saturated rings. The van der Waals surface area contributed by atoms with Crippen LogP contribution in [-0.4, -0.2) is 39.9 Å². The van der Waals surface area contributed by atoms with Gasteiger partial charge < -0.3 is 15.0 Å². The molecule has 29 heavy (non-hydrogen) atoms. The molecule has 3 aromatic rings. The highest BCUT2D eigenvalue weighted by Gasteiger charge is 2.25. The van der Waals surface area contributed by atoms with Gasteiger partial charge in [0.2, 0.25) is 5.78 Å². The Morgan fingerprint density at radius 1 is 1.07 bits per heavy atom. The Bertz CT molecular complexity index is 1090. The molecule has 0 saturated carbocycles. The number of Topliss-reactive ketones (excluding diaryl/α,β-unsaturated/α-hetero) is 2. The van der Waals surface area contributed by atoms with Crippen LogP contribution < -0.4 is 5.32 Å². The number of aliphatic carboxylic acids is 1. The molecule has 0 bridgehead atoms. The SMILES string of the molecule is C=C(NC(CC(=O)O)C(=O)CF)C(=O)c1cc2ccccc2n1-c1ccccc1. The van der Waals surface area contributed by atoms with Gasteiger partial charge in [-0.25, -0.2) is 4.39 Å². The molecule has 0 aliphatic rings. The minimum atomic E-state index is -1.37. The summed E-state index contributed by atoms with van der Waals surface area (Å²) in [6.45, 7) is 2.32. The van der Waals surface area contributed by atoms with Gasteiger partial charge in [-0.05, 0) is 24.3 Å². The molecule has 2 aromatic carbocycles. The summed E-state index contributed by atoms with van der Waals surface area (Å²) in [5.74, 6) is -2.76. The first kappa shape index (κ1) is 20.0. The first-order valence-electron chi connectivity index (χ1n) is 8.89. The van der Waals surface area contributed by atoms with Gasteiger partial charge >= 0.3 is 5.97 Å². The van der Waals surface area contributed by atoms with Gasteiger partial charge in [-0.15, -0.1) is 0 Å². The number of para-hydroxylation sites is 2. The second-order valence-corrected chi connectivity index (χ2v) is 6.46. The number of carboxylic acid groups (broad SMARTS) is 1. The van der Waals surface area contributed by atoms with E-state index < -0.39 is 36.7 Å². The van der Waals surface area contributed by atoms with Crippen molar-refractivity contribution in [1.29, 1.82) is 0 Å². The van der Waals surface area contributed by atoms with Crippen LogP contribution in [0, 0.1) is 0 Å². The number of carbonyl (C=O) groups excluding carboxylic acids is 2. The Morgan fingerprint density at radius 3 is 2.38 bits per heavy atom. The molecule has 7 heteroatoms. The summed E-state index contributed by atoms with van der Waals surface area (Å²) in [5.41, 5.74) is 1.67. The van der Waals surface area contributed by atoms with Crippen molar-refractivity contribution in [2.75, 3.05) is 6.67 Å². The summed E-state index contributed by atoms with van der Waals surface area (Å²) in [5, 5.41) is 12.3. The molecule has 0 aliphatic heterocycles. The number of fused-ring (bicyclic) bond motifs is 1. The van der Waals surface area contributed by atoms with Gasteiger partial charge in [-0.2, -0.15) is 0 Å². The monoisotopic (exact) mass is 394 g/mol. The summed E-state index contributed by atoms with van der Waals surface area (Å²) in [4.78, 5) is 35.8. The van der Waals surface area contributed by atoms with Crippen molar-refractivity contribution in [3.05, 3.63) is 78.6 Å². The molecule has 6 nitrogen and oxygen atoms in total. The lowest BCUT2D eigenvalue weighted by molar-refractivity contribution is -0.139. The summed E-state index contributed by atoms with van der Waals surface area (Å²) >= 11 is 0. The third-order valence-electron chi connectivity index (χ3n) is 4.48. The van der Waals surface area contributed by atoms with Crippen molar-refractivity contribution < 1.29 is 23.9 Å². The average Bonchev–Trinajstić information content (AvgIpc) is 3.11. The molecule has 1 unspecified atom stereocenters. The van der Waals surface area contributed by atoms with Crippen LogP contribution in [0.15, 0.2) is 72.9 Å². The number of alkyl halides is 1.